The van der Waals surface area contributed by atoms with Crippen LogP contribution in [0.25, 0.3) is 11.4 Å². The zero-order valence-electron chi connectivity index (χ0n) is 16.4. The maximum Gasteiger partial charge on any atom is 0.261 e. The van der Waals surface area contributed by atoms with Crippen LogP contribution in [0, 0.1) is 5.82 Å². The molecule has 0 radical (unpaired) electrons. The van der Waals surface area contributed by atoms with E-state index < -0.39 is 17.9 Å². The van der Waals surface area contributed by atoms with Gasteiger partial charge in [-0.1, -0.05) is 36.0 Å². The first-order valence-electron chi connectivity index (χ1n) is 10.0. The fourth-order valence-corrected chi connectivity index (χ4v) is 4.62. The number of carbonyl (C=O) groups excluding carboxylic acids is 2. The van der Waals surface area contributed by atoms with Crippen molar-refractivity contribution in [1.29, 1.82) is 0 Å². The molecule has 0 bridgehead atoms. The van der Waals surface area contributed by atoms with Gasteiger partial charge in [0.2, 0.25) is 0 Å². The quantitative estimate of drug-likeness (QED) is 0.450. The lowest BCUT2D eigenvalue weighted by Crippen LogP contribution is -2.37. The second-order valence-corrected chi connectivity index (χ2v) is 8.61. The molecule has 2 heterocycles. The third-order valence-electron chi connectivity index (χ3n) is 5.37. The van der Waals surface area contributed by atoms with E-state index in [0.717, 1.165) is 17.7 Å². The number of nitrogens with zero attached hydrogens (tertiary/aromatic N) is 4. The highest BCUT2D eigenvalue weighted by Gasteiger charge is 2.36. The van der Waals surface area contributed by atoms with E-state index in [1.807, 2.05) is 4.57 Å². The Morgan fingerprint density at radius 3 is 2.23 bits per heavy atom. The van der Waals surface area contributed by atoms with Crippen LogP contribution >= 0.6 is 11.8 Å². The summed E-state index contributed by atoms with van der Waals surface area (Å²) in [5.41, 5.74) is 1.10. The standard InChI is InChI=1S/C22H19FN4O3S/c23-18-8-4-3-7-17(18)19-24-25-22(27(19)13-9-10-13)31-12-14(28)11-26-20(29)15-5-1-2-6-16(15)21(26)30/h1-8,13-14,28H,9-12H2/t14-/m1/s1. The first-order chi connectivity index (χ1) is 15.0. The fraction of sp³-hybridized carbons (Fsp3) is 0.273. The summed E-state index contributed by atoms with van der Waals surface area (Å²) in [5, 5.41) is 19.5. The zero-order valence-corrected chi connectivity index (χ0v) is 17.3. The number of fused-ring (bicyclic) bond motifs is 1. The van der Waals surface area contributed by atoms with E-state index in [2.05, 4.69) is 10.2 Å². The number of benzene rings is 2. The van der Waals surface area contributed by atoms with Crippen LogP contribution in [0.4, 0.5) is 4.39 Å². The Morgan fingerprint density at radius 1 is 1.00 bits per heavy atom. The number of amides is 2. The summed E-state index contributed by atoms with van der Waals surface area (Å²) >= 11 is 1.28. The maximum absolute atomic E-state index is 14.3. The molecule has 5 rings (SSSR count). The second kappa shape index (κ2) is 7.90. The van der Waals surface area contributed by atoms with Gasteiger partial charge in [0.05, 0.1) is 29.3 Å². The largest absolute Gasteiger partial charge is 0.390 e. The van der Waals surface area contributed by atoms with Gasteiger partial charge in [0, 0.05) is 11.8 Å². The molecule has 1 N–H and O–H groups in total. The minimum Gasteiger partial charge on any atom is -0.390 e. The highest BCUT2D eigenvalue weighted by atomic mass is 32.2. The molecular weight excluding hydrogens is 419 g/mol. The summed E-state index contributed by atoms with van der Waals surface area (Å²) in [4.78, 5) is 26.0. The molecule has 1 aliphatic heterocycles. The van der Waals surface area contributed by atoms with E-state index in [1.165, 1.54) is 17.8 Å². The van der Waals surface area contributed by atoms with Crippen LogP contribution in [0.5, 0.6) is 0 Å². The van der Waals surface area contributed by atoms with Gasteiger partial charge >= 0.3 is 0 Å². The third-order valence-corrected chi connectivity index (χ3v) is 6.46. The van der Waals surface area contributed by atoms with Crippen molar-refractivity contribution in [2.75, 3.05) is 12.3 Å². The van der Waals surface area contributed by atoms with Crippen LogP contribution in [0.15, 0.2) is 53.7 Å². The van der Waals surface area contributed by atoms with Gasteiger partial charge in [0.1, 0.15) is 5.82 Å². The number of thioether (sulfide) groups is 1. The van der Waals surface area contributed by atoms with Gasteiger partial charge in [0.25, 0.3) is 11.8 Å². The molecule has 1 aromatic heterocycles. The van der Waals surface area contributed by atoms with E-state index in [1.54, 1.807) is 42.5 Å². The van der Waals surface area contributed by atoms with Crippen molar-refractivity contribution < 1.29 is 19.1 Å². The van der Waals surface area contributed by atoms with Gasteiger partial charge in [-0.15, -0.1) is 10.2 Å². The predicted molar refractivity (Wildman–Crippen MR) is 112 cm³/mol. The number of rotatable bonds is 7. The third kappa shape index (κ3) is 3.64. The number of hydrogen-bond donors (Lipinski definition) is 1. The van der Waals surface area contributed by atoms with Crippen molar-refractivity contribution in [1.82, 2.24) is 19.7 Å². The minimum absolute atomic E-state index is 0.100. The molecule has 2 aliphatic rings. The van der Waals surface area contributed by atoms with Crippen molar-refractivity contribution in [3.8, 4) is 11.4 Å². The van der Waals surface area contributed by atoms with Crippen LogP contribution in [0.3, 0.4) is 0 Å². The number of aliphatic hydroxyl groups is 1. The molecule has 2 amide bonds. The Labute approximate surface area is 181 Å². The first-order valence-corrected chi connectivity index (χ1v) is 11.0. The summed E-state index contributed by atoms with van der Waals surface area (Å²) in [6, 6.07) is 13.3. The lowest BCUT2D eigenvalue weighted by Gasteiger charge is -2.18. The SMILES string of the molecule is O=C1c2ccccc2C(=O)N1C[C@@H](O)CSc1nnc(-c2ccccc2F)n1C1CC1. The lowest BCUT2D eigenvalue weighted by atomic mass is 10.1. The van der Waals surface area contributed by atoms with Gasteiger partial charge in [-0.2, -0.15) is 0 Å². The summed E-state index contributed by atoms with van der Waals surface area (Å²) in [6.07, 6.45) is 0.989. The van der Waals surface area contributed by atoms with E-state index in [4.69, 9.17) is 0 Å². The fourth-order valence-electron chi connectivity index (χ4n) is 3.70. The Kier molecular flexibility index (Phi) is 5.07. The lowest BCUT2D eigenvalue weighted by molar-refractivity contribution is 0.0567. The molecule has 0 saturated heterocycles. The van der Waals surface area contributed by atoms with Crippen LogP contribution in [0.2, 0.25) is 0 Å². The molecule has 1 fully saturated rings. The number of hydrogen-bond acceptors (Lipinski definition) is 6. The highest BCUT2D eigenvalue weighted by Crippen LogP contribution is 2.41. The second-order valence-electron chi connectivity index (χ2n) is 7.62. The van der Waals surface area contributed by atoms with Crippen LogP contribution in [-0.2, 0) is 0 Å². The van der Waals surface area contributed by atoms with E-state index in [0.29, 0.717) is 27.7 Å². The monoisotopic (exact) mass is 438 g/mol. The Hall–Kier alpha value is -3.04. The average molecular weight is 438 g/mol. The molecule has 1 saturated carbocycles. The van der Waals surface area contributed by atoms with Crippen molar-refractivity contribution >= 4 is 23.6 Å². The topological polar surface area (TPSA) is 88.3 Å². The van der Waals surface area contributed by atoms with Crippen molar-refractivity contribution in [2.45, 2.75) is 30.1 Å². The number of imide groups is 1. The van der Waals surface area contributed by atoms with Gasteiger partial charge in [-0.25, -0.2) is 4.39 Å². The Morgan fingerprint density at radius 2 is 1.61 bits per heavy atom. The number of aliphatic hydroxyl groups excluding tert-OH is 1. The minimum atomic E-state index is -0.937. The highest BCUT2D eigenvalue weighted by molar-refractivity contribution is 7.99. The van der Waals surface area contributed by atoms with Crippen molar-refractivity contribution in [2.24, 2.45) is 0 Å². The van der Waals surface area contributed by atoms with Crippen molar-refractivity contribution in [3.05, 3.63) is 65.5 Å². The van der Waals surface area contributed by atoms with Crippen LogP contribution in [-0.4, -0.2) is 55.0 Å². The molecule has 0 spiro atoms. The summed E-state index contributed by atoms with van der Waals surface area (Å²) in [5.74, 6) is -0.465. The first kappa shape index (κ1) is 19.9. The van der Waals surface area contributed by atoms with Crippen LogP contribution in [0.1, 0.15) is 39.6 Å². The van der Waals surface area contributed by atoms with Crippen molar-refractivity contribution in [3.63, 3.8) is 0 Å². The number of carbonyl (C=O) groups is 2. The summed E-state index contributed by atoms with van der Waals surface area (Å²) in [6.45, 7) is -0.100. The molecule has 2 aromatic carbocycles. The van der Waals surface area contributed by atoms with Gasteiger partial charge in [-0.3, -0.25) is 19.1 Å². The van der Waals surface area contributed by atoms with E-state index in [-0.39, 0.29) is 24.2 Å². The average Bonchev–Trinajstić information content (AvgIpc) is 3.49. The summed E-state index contributed by atoms with van der Waals surface area (Å²) < 4.78 is 16.2. The predicted octanol–water partition coefficient (Wildman–Crippen LogP) is 3.17. The van der Waals surface area contributed by atoms with Gasteiger partial charge in [0.15, 0.2) is 11.0 Å². The molecule has 31 heavy (non-hydrogen) atoms. The Bertz CT molecular complexity index is 1140. The molecule has 158 valence electrons. The normalized spacial score (nSPS) is 16.6. The zero-order chi connectivity index (χ0) is 21.5. The van der Waals surface area contributed by atoms with Crippen LogP contribution < -0.4 is 0 Å². The smallest absolute Gasteiger partial charge is 0.261 e. The molecule has 1 atom stereocenters. The van der Waals surface area contributed by atoms with Gasteiger partial charge in [-0.05, 0) is 37.1 Å². The maximum atomic E-state index is 14.3. The van der Waals surface area contributed by atoms with E-state index >= 15 is 0 Å². The molecule has 9 heteroatoms. The molecule has 7 nitrogen and oxygen atoms in total. The molecule has 0 unspecified atom stereocenters. The number of β-amino-alcohol motifs (C(OH)–C–C–N with tert-alkyl or cyclic N) is 1. The number of aromatic nitrogens is 3. The molecular formula is C22H19FN4O3S. The van der Waals surface area contributed by atoms with E-state index in [9.17, 15) is 19.1 Å². The Balaban J connectivity index is 1.29. The van der Waals surface area contributed by atoms with Gasteiger partial charge < -0.3 is 5.11 Å². The number of halogens is 1. The molecule has 1 aliphatic carbocycles. The summed E-state index contributed by atoms with van der Waals surface area (Å²) in [7, 11) is 0. The molecule has 3 aromatic rings.